The molecule has 6 heterocycles. The van der Waals surface area contributed by atoms with Crippen LogP contribution in [0.3, 0.4) is 0 Å². The van der Waals surface area contributed by atoms with Gasteiger partial charge in [0.1, 0.15) is 11.2 Å². The van der Waals surface area contributed by atoms with Crippen molar-refractivity contribution in [3.8, 4) is 0 Å². The zero-order valence-corrected chi connectivity index (χ0v) is 43.9. The van der Waals surface area contributed by atoms with Crippen LogP contribution >= 0.6 is 0 Å². The first kappa shape index (κ1) is 43.9. The highest BCUT2D eigenvalue weighted by atomic mass is 16.3. The van der Waals surface area contributed by atoms with Crippen LogP contribution in [0.15, 0.2) is 244 Å². The van der Waals surface area contributed by atoms with Crippen LogP contribution in [0.2, 0.25) is 0 Å². The maximum absolute atomic E-state index is 6.86. The average Bonchev–Trinajstić information content (AvgIpc) is 4.15. The lowest BCUT2D eigenvalue weighted by Crippen LogP contribution is -2.35. The summed E-state index contributed by atoms with van der Waals surface area (Å²) in [5.41, 5.74) is 25.0. The van der Waals surface area contributed by atoms with Gasteiger partial charge in [-0.3, -0.25) is 0 Å². The molecule has 0 saturated heterocycles. The summed E-state index contributed by atoms with van der Waals surface area (Å²) in [7, 11) is 0. The molecule has 374 valence electrons. The van der Waals surface area contributed by atoms with Gasteiger partial charge in [0, 0.05) is 84.4 Å². The number of hydrogen-bond donors (Lipinski definition) is 0. The van der Waals surface area contributed by atoms with Gasteiger partial charge in [-0.2, -0.15) is 0 Å². The largest absolute Gasteiger partial charge is 0.454 e. The van der Waals surface area contributed by atoms with E-state index < -0.39 is 0 Å². The highest BCUT2D eigenvalue weighted by Gasteiger charge is 2.53. The quantitative estimate of drug-likeness (QED) is 0.152. The van der Waals surface area contributed by atoms with Crippen LogP contribution in [-0.2, 0) is 0 Å². The van der Waals surface area contributed by atoms with Crippen LogP contribution in [0.25, 0.3) is 71.4 Å². The predicted molar refractivity (Wildman–Crippen MR) is 322 cm³/mol. The lowest BCUT2D eigenvalue weighted by atomic mass is 9.79. The van der Waals surface area contributed by atoms with E-state index in [1.54, 1.807) is 0 Å². The summed E-state index contributed by atoms with van der Waals surface area (Å²) in [6.07, 6.45) is 8.35. The normalized spacial score (nSPS) is 17.9. The first-order valence-corrected chi connectivity index (χ1v) is 27.8. The van der Waals surface area contributed by atoms with Crippen molar-refractivity contribution in [1.82, 2.24) is 4.57 Å². The van der Waals surface area contributed by atoms with E-state index in [0.717, 1.165) is 78.7 Å². The van der Waals surface area contributed by atoms with Crippen molar-refractivity contribution in [1.29, 1.82) is 0 Å². The van der Waals surface area contributed by atoms with Gasteiger partial charge < -0.3 is 28.1 Å². The Morgan fingerprint density at radius 2 is 1.08 bits per heavy atom. The SMILES string of the molecule is CC(C)c1ccc(N(C2=CC=C3C4=C(CC5C(=C4)n4c6ccccc6c6c(N(c7ccc(C(C)C)cc7)c7cccc8c7oc7ccccc78)ccc5c64)N4c5ccccc5C2C34)c2cccc3c2oc2ccccc23)cc1. The van der Waals surface area contributed by atoms with Gasteiger partial charge >= 0.3 is 0 Å². The van der Waals surface area contributed by atoms with E-state index in [4.69, 9.17) is 8.83 Å². The Hall–Kier alpha value is -9.26. The first-order chi connectivity index (χ1) is 38.4. The molecule has 0 fully saturated rings. The molecule has 3 aliphatic heterocycles. The summed E-state index contributed by atoms with van der Waals surface area (Å²) in [6, 6.07) is 71.7. The summed E-state index contributed by atoms with van der Waals surface area (Å²) in [4.78, 5) is 7.69. The van der Waals surface area contributed by atoms with Gasteiger partial charge in [0.05, 0.1) is 40.1 Å². The molecule has 0 spiro atoms. The number of nitrogens with zero attached hydrogens (tertiary/aromatic N) is 4. The molecule has 0 N–H and O–H groups in total. The number of rotatable bonds is 8. The minimum absolute atomic E-state index is 0.0557. The molecule has 3 unspecified atom stereocenters. The van der Waals surface area contributed by atoms with Gasteiger partial charge in [-0.05, 0) is 119 Å². The van der Waals surface area contributed by atoms with Gasteiger partial charge in [-0.15, -0.1) is 0 Å². The van der Waals surface area contributed by atoms with Crippen LogP contribution < -0.4 is 14.7 Å². The monoisotopic (exact) mass is 1010 g/mol. The molecule has 6 nitrogen and oxygen atoms in total. The van der Waals surface area contributed by atoms with E-state index in [1.165, 1.54) is 78.0 Å². The van der Waals surface area contributed by atoms with Gasteiger partial charge in [-0.1, -0.05) is 161 Å². The third-order valence-electron chi connectivity index (χ3n) is 18.0. The van der Waals surface area contributed by atoms with Crippen LogP contribution in [0.1, 0.15) is 80.0 Å². The van der Waals surface area contributed by atoms with E-state index in [9.17, 15) is 0 Å². The zero-order valence-electron chi connectivity index (χ0n) is 43.9. The highest BCUT2D eigenvalue weighted by molar-refractivity contribution is 6.21. The third-order valence-corrected chi connectivity index (χ3v) is 18.0. The molecule has 0 saturated carbocycles. The minimum atomic E-state index is 0.0557. The van der Waals surface area contributed by atoms with Crippen molar-refractivity contribution >= 4 is 106 Å². The number of fused-ring (bicyclic) bond motifs is 17. The Morgan fingerprint density at radius 1 is 0.500 bits per heavy atom. The molecule has 9 aromatic carbocycles. The summed E-state index contributed by atoms with van der Waals surface area (Å²) in [6.45, 7) is 9.06. The van der Waals surface area contributed by atoms with E-state index in [0.29, 0.717) is 11.8 Å². The Morgan fingerprint density at radius 3 is 1.74 bits per heavy atom. The van der Waals surface area contributed by atoms with Gasteiger partial charge in [0.15, 0.2) is 11.2 Å². The fraction of sp³-hybridized carbons (Fsp3) is 0.139. The van der Waals surface area contributed by atoms with Gasteiger partial charge in [0.25, 0.3) is 0 Å². The van der Waals surface area contributed by atoms with Crippen LogP contribution in [0.4, 0.5) is 34.1 Å². The number of furan rings is 2. The third kappa shape index (κ3) is 5.92. The molecule has 0 amide bonds. The molecule has 12 aromatic rings. The number of allylic oxidation sites excluding steroid dienone is 5. The van der Waals surface area contributed by atoms with Crippen LogP contribution in [0, 0.1) is 0 Å². The molecular weight excluding hydrogens is 953 g/mol. The van der Waals surface area contributed by atoms with Crippen molar-refractivity contribution in [2.45, 2.75) is 63.8 Å². The lowest BCUT2D eigenvalue weighted by Gasteiger charge is -2.37. The smallest absolute Gasteiger partial charge is 0.159 e. The molecule has 0 radical (unpaired) electrons. The summed E-state index contributed by atoms with van der Waals surface area (Å²) >= 11 is 0. The van der Waals surface area contributed by atoms with Crippen molar-refractivity contribution in [3.63, 3.8) is 0 Å². The van der Waals surface area contributed by atoms with Gasteiger partial charge in [-0.25, -0.2) is 0 Å². The predicted octanol–water partition coefficient (Wildman–Crippen LogP) is 19.6. The van der Waals surface area contributed by atoms with Crippen molar-refractivity contribution in [2.24, 2.45) is 0 Å². The highest BCUT2D eigenvalue weighted by Crippen LogP contribution is 2.63. The molecule has 5 aliphatic rings. The van der Waals surface area contributed by atoms with E-state index >= 15 is 0 Å². The molecule has 17 rings (SSSR count). The Kier molecular flexibility index (Phi) is 9.09. The Bertz CT molecular complexity index is 4690. The van der Waals surface area contributed by atoms with E-state index in [-0.39, 0.29) is 17.9 Å². The zero-order chi connectivity index (χ0) is 51.7. The number of anilines is 6. The van der Waals surface area contributed by atoms with Crippen molar-refractivity contribution in [3.05, 3.63) is 257 Å². The fourth-order valence-electron chi connectivity index (χ4n) is 14.4. The molecule has 78 heavy (non-hydrogen) atoms. The minimum Gasteiger partial charge on any atom is -0.454 e. The summed E-state index contributed by atoms with van der Waals surface area (Å²) < 4.78 is 16.3. The van der Waals surface area contributed by atoms with Crippen molar-refractivity contribution in [2.75, 3.05) is 14.7 Å². The maximum atomic E-state index is 6.86. The summed E-state index contributed by atoms with van der Waals surface area (Å²) in [5.74, 6) is 1.06. The number of benzene rings is 9. The lowest BCUT2D eigenvalue weighted by molar-refractivity contribution is 0.658. The second-order valence-electron chi connectivity index (χ2n) is 22.7. The van der Waals surface area contributed by atoms with Gasteiger partial charge in [0.2, 0.25) is 0 Å². The maximum Gasteiger partial charge on any atom is 0.159 e. The number of aromatic nitrogens is 1. The van der Waals surface area contributed by atoms with Crippen LogP contribution in [-0.4, -0.2) is 10.6 Å². The van der Waals surface area contributed by atoms with E-state index in [2.05, 4.69) is 259 Å². The topological polar surface area (TPSA) is 40.9 Å². The standard InChI is InChI=1S/C72H54N4O2/c1-41(2)43-27-31-45(32-28-43)73(61-23-13-19-51-47-15-7-11-25-65(47)77-71(51)61)59-37-35-49-55-39-64-56(40-63(55)75-57-21-9-5-17-53(57)67(59)69(49)75)50-36-38-60(68-54-18-6-10-22-58(54)76(64)70(50)68)74(46-33-29-44(30-34-46)42(3)4)62-24-14-20-52-48-16-8-12-26-66(48)78-72(52)62/h5-39,41-42,56,67,69H,40H2,1-4H3. The fourth-order valence-corrected chi connectivity index (χ4v) is 14.4. The molecule has 0 bridgehead atoms. The average molecular weight is 1010 g/mol. The summed E-state index contributed by atoms with van der Waals surface area (Å²) in [5, 5.41) is 7.00. The molecule has 3 atom stereocenters. The number of hydrogen-bond acceptors (Lipinski definition) is 5. The first-order valence-electron chi connectivity index (χ1n) is 27.8. The number of para-hydroxylation sites is 6. The van der Waals surface area contributed by atoms with E-state index in [1.807, 2.05) is 0 Å². The van der Waals surface area contributed by atoms with Crippen molar-refractivity contribution < 1.29 is 8.83 Å². The second kappa shape index (κ2) is 16.1. The van der Waals surface area contributed by atoms with Crippen LogP contribution in [0.5, 0.6) is 0 Å². The Balaban J connectivity index is 0.856. The Labute approximate surface area is 452 Å². The molecule has 6 heteroatoms. The molecular formula is C72H54N4O2. The molecule has 2 aliphatic carbocycles. The molecule has 3 aromatic heterocycles. The second-order valence-corrected chi connectivity index (χ2v) is 22.7.